The molecular formula is C10H18N2O3. The van der Waals surface area contributed by atoms with Gasteiger partial charge < -0.3 is 20.1 Å². The lowest BCUT2D eigenvalue weighted by Crippen LogP contribution is -2.51. The first-order valence-corrected chi connectivity index (χ1v) is 5.56. The van der Waals surface area contributed by atoms with Crippen molar-refractivity contribution in [2.75, 3.05) is 32.8 Å². The van der Waals surface area contributed by atoms with E-state index in [9.17, 15) is 4.79 Å². The van der Waals surface area contributed by atoms with Gasteiger partial charge in [0.1, 0.15) is 6.10 Å². The zero-order valence-electron chi connectivity index (χ0n) is 8.82. The van der Waals surface area contributed by atoms with E-state index in [-0.39, 0.29) is 24.7 Å². The standard InChI is InChI=1S/C10H18N2O3/c13-7-8-2-1-4-12(8)10(14)9-6-11-3-5-15-9/h8-9,11,13H,1-7H2/t8-,9?/m1/s1. The van der Waals surface area contributed by atoms with Crippen LogP contribution in [0.5, 0.6) is 0 Å². The minimum Gasteiger partial charge on any atom is -0.394 e. The lowest BCUT2D eigenvalue weighted by molar-refractivity contribution is -0.146. The zero-order chi connectivity index (χ0) is 10.7. The van der Waals surface area contributed by atoms with E-state index < -0.39 is 0 Å². The molecule has 2 rings (SSSR count). The van der Waals surface area contributed by atoms with Crippen LogP contribution in [0.4, 0.5) is 0 Å². The van der Waals surface area contributed by atoms with E-state index in [1.165, 1.54) is 0 Å². The third-order valence-corrected chi connectivity index (χ3v) is 3.07. The van der Waals surface area contributed by atoms with Gasteiger partial charge in [-0.05, 0) is 12.8 Å². The van der Waals surface area contributed by atoms with E-state index in [1.54, 1.807) is 4.90 Å². The number of carbonyl (C=O) groups is 1. The molecule has 1 amide bonds. The lowest BCUT2D eigenvalue weighted by atomic mass is 10.2. The van der Waals surface area contributed by atoms with Crippen LogP contribution in [0, 0.1) is 0 Å². The molecule has 2 fully saturated rings. The van der Waals surface area contributed by atoms with Crippen LogP contribution in [0.15, 0.2) is 0 Å². The molecule has 86 valence electrons. The highest BCUT2D eigenvalue weighted by atomic mass is 16.5. The van der Waals surface area contributed by atoms with Gasteiger partial charge in [-0.15, -0.1) is 0 Å². The molecule has 0 bridgehead atoms. The Morgan fingerprint density at radius 3 is 3.13 bits per heavy atom. The van der Waals surface area contributed by atoms with Crippen molar-refractivity contribution in [3.05, 3.63) is 0 Å². The number of rotatable bonds is 2. The quantitative estimate of drug-likeness (QED) is 0.616. The first-order valence-electron chi connectivity index (χ1n) is 5.56. The Kier molecular flexibility index (Phi) is 3.56. The Hall–Kier alpha value is -0.650. The molecule has 2 aliphatic heterocycles. The summed E-state index contributed by atoms with van der Waals surface area (Å²) in [5.41, 5.74) is 0. The maximum Gasteiger partial charge on any atom is 0.253 e. The van der Waals surface area contributed by atoms with Crippen LogP contribution < -0.4 is 5.32 Å². The van der Waals surface area contributed by atoms with Crippen molar-refractivity contribution in [2.45, 2.75) is 25.0 Å². The number of hydrogen-bond donors (Lipinski definition) is 2. The van der Waals surface area contributed by atoms with Crippen molar-refractivity contribution < 1.29 is 14.6 Å². The molecule has 0 saturated carbocycles. The first kappa shape index (κ1) is 10.9. The van der Waals surface area contributed by atoms with E-state index in [4.69, 9.17) is 9.84 Å². The lowest BCUT2D eigenvalue weighted by Gasteiger charge is -2.30. The molecule has 2 heterocycles. The van der Waals surface area contributed by atoms with Gasteiger partial charge in [0.15, 0.2) is 0 Å². The molecule has 0 aromatic carbocycles. The van der Waals surface area contributed by atoms with Gasteiger partial charge >= 0.3 is 0 Å². The Labute approximate surface area is 89.4 Å². The van der Waals surface area contributed by atoms with E-state index in [0.717, 1.165) is 25.9 Å². The van der Waals surface area contributed by atoms with Gasteiger partial charge in [-0.2, -0.15) is 0 Å². The predicted molar refractivity (Wildman–Crippen MR) is 54.4 cm³/mol. The van der Waals surface area contributed by atoms with Crippen LogP contribution in [0.2, 0.25) is 0 Å². The van der Waals surface area contributed by atoms with Crippen molar-refractivity contribution in [1.82, 2.24) is 10.2 Å². The Bertz CT molecular complexity index is 229. The molecule has 1 unspecified atom stereocenters. The molecule has 0 aromatic heterocycles. The number of ether oxygens (including phenoxy) is 1. The highest BCUT2D eigenvalue weighted by Crippen LogP contribution is 2.18. The second kappa shape index (κ2) is 4.92. The molecule has 2 aliphatic rings. The van der Waals surface area contributed by atoms with Gasteiger partial charge in [0, 0.05) is 19.6 Å². The minimum atomic E-state index is -0.356. The third kappa shape index (κ3) is 2.30. The number of nitrogens with zero attached hydrogens (tertiary/aromatic N) is 1. The highest BCUT2D eigenvalue weighted by Gasteiger charge is 2.33. The van der Waals surface area contributed by atoms with Crippen LogP contribution in [0.3, 0.4) is 0 Å². The first-order chi connectivity index (χ1) is 7.33. The smallest absolute Gasteiger partial charge is 0.253 e. The minimum absolute atomic E-state index is 0.00280. The highest BCUT2D eigenvalue weighted by molar-refractivity contribution is 5.82. The molecule has 2 N–H and O–H groups in total. The molecule has 0 spiro atoms. The number of hydrogen-bond acceptors (Lipinski definition) is 4. The summed E-state index contributed by atoms with van der Waals surface area (Å²) in [4.78, 5) is 13.8. The second-order valence-electron chi connectivity index (χ2n) is 4.07. The molecule has 2 atom stereocenters. The summed E-state index contributed by atoms with van der Waals surface area (Å²) in [5.74, 6) is 0.0266. The number of carbonyl (C=O) groups excluding carboxylic acids is 1. The average Bonchev–Trinajstić information content (AvgIpc) is 2.77. The van der Waals surface area contributed by atoms with Gasteiger partial charge in [0.05, 0.1) is 19.3 Å². The molecule has 0 aromatic rings. The van der Waals surface area contributed by atoms with Gasteiger partial charge in [-0.25, -0.2) is 0 Å². The number of likely N-dealkylation sites (tertiary alicyclic amines) is 1. The number of amides is 1. The van der Waals surface area contributed by atoms with Crippen LogP contribution in [0.1, 0.15) is 12.8 Å². The van der Waals surface area contributed by atoms with Gasteiger partial charge in [-0.3, -0.25) is 4.79 Å². The number of aliphatic hydroxyl groups is 1. The summed E-state index contributed by atoms with van der Waals surface area (Å²) >= 11 is 0. The molecule has 5 heteroatoms. The fourth-order valence-electron chi connectivity index (χ4n) is 2.22. The topological polar surface area (TPSA) is 61.8 Å². The summed E-state index contributed by atoms with van der Waals surface area (Å²) < 4.78 is 5.41. The summed E-state index contributed by atoms with van der Waals surface area (Å²) in [6.45, 7) is 2.81. The molecule has 0 radical (unpaired) electrons. The maximum absolute atomic E-state index is 12.0. The van der Waals surface area contributed by atoms with Gasteiger partial charge in [0.2, 0.25) is 0 Å². The van der Waals surface area contributed by atoms with E-state index in [2.05, 4.69) is 5.32 Å². The summed E-state index contributed by atoms with van der Waals surface area (Å²) in [5, 5.41) is 12.3. The third-order valence-electron chi connectivity index (χ3n) is 3.07. The second-order valence-corrected chi connectivity index (χ2v) is 4.07. The molecule has 2 saturated heterocycles. The molecule has 0 aliphatic carbocycles. The van der Waals surface area contributed by atoms with E-state index >= 15 is 0 Å². The van der Waals surface area contributed by atoms with Crippen molar-refractivity contribution in [3.63, 3.8) is 0 Å². The monoisotopic (exact) mass is 214 g/mol. The fraction of sp³-hybridized carbons (Fsp3) is 0.900. The van der Waals surface area contributed by atoms with Crippen molar-refractivity contribution in [3.8, 4) is 0 Å². The van der Waals surface area contributed by atoms with Crippen LogP contribution in [-0.2, 0) is 9.53 Å². The van der Waals surface area contributed by atoms with E-state index in [0.29, 0.717) is 13.2 Å². The van der Waals surface area contributed by atoms with E-state index in [1.807, 2.05) is 0 Å². The maximum atomic E-state index is 12.0. The number of nitrogens with one attached hydrogen (secondary N) is 1. The van der Waals surface area contributed by atoms with Crippen LogP contribution in [-0.4, -0.2) is 60.9 Å². The number of aliphatic hydroxyl groups excluding tert-OH is 1. The van der Waals surface area contributed by atoms with Crippen molar-refractivity contribution in [2.24, 2.45) is 0 Å². The summed E-state index contributed by atoms with van der Waals surface area (Å²) in [7, 11) is 0. The average molecular weight is 214 g/mol. The van der Waals surface area contributed by atoms with Crippen LogP contribution in [0.25, 0.3) is 0 Å². The van der Waals surface area contributed by atoms with Crippen molar-refractivity contribution >= 4 is 5.91 Å². The Morgan fingerprint density at radius 2 is 2.47 bits per heavy atom. The van der Waals surface area contributed by atoms with Gasteiger partial charge in [0.25, 0.3) is 5.91 Å². The zero-order valence-corrected chi connectivity index (χ0v) is 8.82. The SMILES string of the molecule is O=C(C1CNCCO1)N1CCC[C@@H]1CO. The fourth-order valence-corrected chi connectivity index (χ4v) is 2.22. The summed E-state index contributed by atoms with van der Waals surface area (Å²) in [6, 6.07) is 0.00280. The van der Waals surface area contributed by atoms with Gasteiger partial charge in [-0.1, -0.05) is 0 Å². The molecule has 5 nitrogen and oxygen atoms in total. The van der Waals surface area contributed by atoms with Crippen LogP contribution >= 0.6 is 0 Å². The Balaban J connectivity index is 1.93. The summed E-state index contributed by atoms with van der Waals surface area (Å²) in [6.07, 6.45) is 1.53. The number of morpholine rings is 1. The Morgan fingerprint density at radius 1 is 1.60 bits per heavy atom. The predicted octanol–water partition coefficient (Wildman–Crippen LogP) is -1.04. The molecule has 15 heavy (non-hydrogen) atoms. The van der Waals surface area contributed by atoms with Crippen molar-refractivity contribution in [1.29, 1.82) is 0 Å². The molecular weight excluding hydrogens is 196 g/mol. The largest absolute Gasteiger partial charge is 0.394 e. The normalized spacial score (nSPS) is 31.9.